The minimum atomic E-state index is -0.393. The van der Waals surface area contributed by atoms with Crippen LogP contribution in [-0.2, 0) is 9.59 Å². The lowest BCUT2D eigenvalue weighted by molar-refractivity contribution is -0.122. The highest BCUT2D eigenvalue weighted by Gasteiger charge is 2.62. The molecular formula is C25H18BrNO3. The summed E-state index contributed by atoms with van der Waals surface area (Å²) in [5, 5.41) is 0. The SMILES string of the molecule is COc1ccc(Br)cc1N1C(=O)[C@@H]2C3c4ccccc4C(c4ccccc43)[C@@H]2C1=O. The van der Waals surface area contributed by atoms with Crippen LogP contribution in [0.25, 0.3) is 0 Å². The highest BCUT2D eigenvalue weighted by molar-refractivity contribution is 9.10. The molecule has 0 radical (unpaired) electrons. The molecular weight excluding hydrogens is 442 g/mol. The summed E-state index contributed by atoms with van der Waals surface area (Å²) >= 11 is 3.47. The van der Waals surface area contributed by atoms with E-state index in [0.29, 0.717) is 11.4 Å². The number of imide groups is 1. The second-order valence-corrected chi connectivity index (χ2v) is 9.01. The van der Waals surface area contributed by atoms with Crippen LogP contribution in [0.2, 0.25) is 0 Å². The first-order valence-electron chi connectivity index (χ1n) is 10.0. The number of carbonyl (C=O) groups is 2. The monoisotopic (exact) mass is 459 g/mol. The molecule has 0 aromatic heterocycles. The largest absolute Gasteiger partial charge is 0.495 e. The second-order valence-electron chi connectivity index (χ2n) is 8.09. The van der Waals surface area contributed by atoms with Gasteiger partial charge >= 0.3 is 0 Å². The molecule has 3 aromatic rings. The smallest absolute Gasteiger partial charge is 0.238 e. The summed E-state index contributed by atoms with van der Waals surface area (Å²) in [5.74, 6) is -0.757. The van der Waals surface area contributed by atoms with Gasteiger partial charge in [-0.2, -0.15) is 0 Å². The molecule has 0 N–H and O–H groups in total. The lowest BCUT2D eigenvalue weighted by Crippen LogP contribution is -2.41. The molecule has 1 heterocycles. The molecule has 2 bridgehead atoms. The first-order chi connectivity index (χ1) is 14.6. The van der Waals surface area contributed by atoms with Crippen LogP contribution in [-0.4, -0.2) is 18.9 Å². The van der Waals surface area contributed by atoms with Gasteiger partial charge in [0, 0.05) is 16.3 Å². The molecule has 4 aliphatic rings. The number of carbonyl (C=O) groups excluding carboxylic acids is 2. The van der Waals surface area contributed by atoms with Crippen molar-refractivity contribution >= 4 is 33.4 Å². The Bertz CT molecular complexity index is 1120. The Morgan fingerprint density at radius 1 is 0.767 bits per heavy atom. The van der Waals surface area contributed by atoms with Gasteiger partial charge in [-0.05, 0) is 40.5 Å². The Morgan fingerprint density at radius 2 is 1.23 bits per heavy atom. The van der Waals surface area contributed by atoms with Gasteiger partial charge in [0.2, 0.25) is 11.8 Å². The Labute approximate surface area is 182 Å². The number of hydrogen-bond donors (Lipinski definition) is 0. The van der Waals surface area contributed by atoms with Gasteiger partial charge < -0.3 is 4.74 Å². The molecule has 2 atom stereocenters. The molecule has 5 heteroatoms. The lowest BCUT2D eigenvalue weighted by atomic mass is 9.55. The molecule has 0 unspecified atom stereocenters. The quantitative estimate of drug-likeness (QED) is 0.514. The van der Waals surface area contributed by atoms with Gasteiger partial charge in [0.25, 0.3) is 0 Å². The van der Waals surface area contributed by atoms with Crippen molar-refractivity contribution in [2.75, 3.05) is 12.0 Å². The lowest BCUT2D eigenvalue weighted by Gasteiger charge is -2.45. The molecule has 0 saturated carbocycles. The second kappa shape index (κ2) is 6.29. The summed E-state index contributed by atoms with van der Waals surface area (Å²) in [6.07, 6.45) is 0. The molecule has 148 valence electrons. The maximum atomic E-state index is 13.8. The van der Waals surface area contributed by atoms with E-state index in [0.717, 1.165) is 4.47 Å². The maximum Gasteiger partial charge on any atom is 0.238 e. The predicted octanol–water partition coefficient (Wildman–Crippen LogP) is 4.85. The summed E-state index contributed by atoms with van der Waals surface area (Å²) in [6.45, 7) is 0. The summed E-state index contributed by atoms with van der Waals surface area (Å²) in [6, 6.07) is 21.9. The Morgan fingerprint density at radius 3 is 1.67 bits per heavy atom. The number of anilines is 1. The number of hydrogen-bond acceptors (Lipinski definition) is 3. The van der Waals surface area contributed by atoms with Crippen LogP contribution in [0.15, 0.2) is 71.2 Å². The fourth-order valence-electron chi connectivity index (χ4n) is 5.75. The van der Waals surface area contributed by atoms with Gasteiger partial charge in [0.15, 0.2) is 0 Å². The molecule has 1 aliphatic heterocycles. The van der Waals surface area contributed by atoms with Crippen molar-refractivity contribution in [1.82, 2.24) is 0 Å². The number of halogens is 1. The number of amides is 2. The summed E-state index contributed by atoms with van der Waals surface area (Å²) in [4.78, 5) is 28.9. The highest BCUT2D eigenvalue weighted by atomic mass is 79.9. The van der Waals surface area contributed by atoms with Crippen LogP contribution in [0.1, 0.15) is 34.1 Å². The molecule has 7 rings (SSSR count). The standard InChI is InChI=1S/C25H18BrNO3/c1-30-19-11-10-13(26)12-18(19)27-24(28)22-20-14-6-2-3-7-15(14)21(23(22)25(27)29)17-9-5-4-8-16(17)20/h2-12,20-23H,1H3/t20?,21?,22-,23+. The third kappa shape index (κ3) is 2.16. The highest BCUT2D eigenvalue weighted by Crippen LogP contribution is 2.61. The Kier molecular flexibility index (Phi) is 3.75. The van der Waals surface area contributed by atoms with Crippen molar-refractivity contribution in [3.05, 3.63) is 93.5 Å². The predicted molar refractivity (Wildman–Crippen MR) is 117 cm³/mol. The first kappa shape index (κ1) is 17.9. The van der Waals surface area contributed by atoms with E-state index in [1.165, 1.54) is 27.2 Å². The van der Waals surface area contributed by atoms with E-state index in [9.17, 15) is 9.59 Å². The van der Waals surface area contributed by atoms with Gasteiger partial charge in [-0.15, -0.1) is 0 Å². The zero-order chi connectivity index (χ0) is 20.6. The van der Waals surface area contributed by atoms with Crippen LogP contribution in [0.4, 0.5) is 5.69 Å². The average molecular weight is 460 g/mol. The Hall–Kier alpha value is -2.92. The Balaban J connectivity index is 1.57. The molecule has 30 heavy (non-hydrogen) atoms. The van der Waals surface area contributed by atoms with E-state index in [1.54, 1.807) is 19.2 Å². The molecule has 1 fully saturated rings. The zero-order valence-corrected chi connectivity index (χ0v) is 17.8. The van der Waals surface area contributed by atoms with Crippen LogP contribution < -0.4 is 9.64 Å². The van der Waals surface area contributed by atoms with Crippen molar-refractivity contribution in [2.45, 2.75) is 11.8 Å². The summed E-state index contributed by atoms with van der Waals surface area (Å²) in [5.41, 5.74) is 5.19. The van der Waals surface area contributed by atoms with Crippen LogP contribution in [0, 0.1) is 11.8 Å². The number of benzene rings is 3. The number of methoxy groups -OCH3 is 1. The fraction of sp³-hybridized carbons (Fsp3) is 0.200. The molecule has 4 nitrogen and oxygen atoms in total. The van der Waals surface area contributed by atoms with Crippen LogP contribution >= 0.6 is 15.9 Å². The van der Waals surface area contributed by atoms with E-state index in [1.807, 2.05) is 30.3 Å². The number of nitrogens with zero attached hydrogens (tertiary/aromatic N) is 1. The number of rotatable bonds is 2. The molecule has 3 aliphatic carbocycles. The van der Waals surface area contributed by atoms with Crippen molar-refractivity contribution in [1.29, 1.82) is 0 Å². The minimum Gasteiger partial charge on any atom is -0.495 e. The number of ether oxygens (including phenoxy) is 1. The zero-order valence-electron chi connectivity index (χ0n) is 16.2. The third-order valence-corrected chi connectivity index (χ3v) is 7.32. The normalized spacial score (nSPS) is 25.7. The van der Waals surface area contributed by atoms with Crippen molar-refractivity contribution in [3.8, 4) is 5.75 Å². The van der Waals surface area contributed by atoms with E-state index in [2.05, 4.69) is 40.2 Å². The molecule has 1 saturated heterocycles. The van der Waals surface area contributed by atoms with Crippen LogP contribution in [0.3, 0.4) is 0 Å². The average Bonchev–Trinajstić information content (AvgIpc) is 3.04. The van der Waals surface area contributed by atoms with E-state index >= 15 is 0 Å². The van der Waals surface area contributed by atoms with E-state index < -0.39 is 11.8 Å². The van der Waals surface area contributed by atoms with Gasteiger partial charge in [0.1, 0.15) is 5.75 Å². The molecule has 2 amide bonds. The van der Waals surface area contributed by atoms with E-state index in [-0.39, 0.29) is 23.7 Å². The van der Waals surface area contributed by atoms with E-state index in [4.69, 9.17) is 4.74 Å². The van der Waals surface area contributed by atoms with Gasteiger partial charge in [-0.1, -0.05) is 64.5 Å². The minimum absolute atomic E-state index is 0.105. The molecule has 3 aromatic carbocycles. The third-order valence-electron chi connectivity index (χ3n) is 6.83. The van der Waals surface area contributed by atoms with Gasteiger partial charge in [0.05, 0.1) is 24.6 Å². The maximum absolute atomic E-state index is 13.8. The van der Waals surface area contributed by atoms with Crippen molar-refractivity contribution < 1.29 is 14.3 Å². The molecule has 0 spiro atoms. The van der Waals surface area contributed by atoms with Gasteiger partial charge in [-0.3, -0.25) is 9.59 Å². The topological polar surface area (TPSA) is 46.6 Å². The first-order valence-corrected chi connectivity index (χ1v) is 10.8. The van der Waals surface area contributed by atoms with Crippen LogP contribution in [0.5, 0.6) is 5.75 Å². The van der Waals surface area contributed by atoms with Gasteiger partial charge in [-0.25, -0.2) is 4.90 Å². The van der Waals surface area contributed by atoms with Crippen molar-refractivity contribution in [3.63, 3.8) is 0 Å². The summed E-state index contributed by atoms with van der Waals surface area (Å²) < 4.78 is 6.28. The fourth-order valence-corrected chi connectivity index (χ4v) is 6.10. The summed E-state index contributed by atoms with van der Waals surface area (Å²) in [7, 11) is 1.56. The van der Waals surface area contributed by atoms with Crippen molar-refractivity contribution in [2.24, 2.45) is 11.8 Å².